The molecule has 3 aromatic rings. The van der Waals surface area contributed by atoms with Crippen LogP contribution < -0.4 is 4.72 Å². The SMILES string of the molecule is C=CCNS(=O)(=O)c1ccc(C(=O)OCc2ccn(-c3ccccc3)n2)cc1. The number of hydrogen-bond acceptors (Lipinski definition) is 5. The fraction of sp³-hybridized carbons (Fsp3) is 0.100. The number of sulfonamides is 1. The largest absolute Gasteiger partial charge is 0.456 e. The molecule has 0 radical (unpaired) electrons. The van der Waals surface area contributed by atoms with Gasteiger partial charge >= 0.3 is 5.97 Å². The van der Waals surface area contributed by atoms with E-state index in [1.807, 2.05) is 30.3 Å². The molecule has 0 aliphatic carbocycles. The van der Waals surface area contributed by atoms with Crippen LogP contribution in [-0.4, -0.2) is 30.7 Å². The van der Waals surface area contributed by atoms with E-state index in [0.717, 1.165) is 5.69 Å². The van der Waals surface area contributed by atoms with Crippen molar-refractivity contribution in [3.05, 3.63) is 90.8 Å². The number of hydrogen-bond donors (Lipinski definition) is 1. The summed E-state index contributed by atoms with van der Waals surface area (Å²) in [5.74, 6) is -0.558. The van der Waals surface area contributed by atoms with E-state index in [1.165, 1.54) is 30.3 Å². The van der Waals surface area contributed by atoms with Crippen LogP contribution in [0.1, 0.15) is 16.1 Å². The number of benzene rings is 2. The molecule has 28 heavy (non-hydrogen) atoms. The molecular weight excluding hydrogens is 378 g/mol. The number of rotatable bonds is 8. The summed E-state index contributed by atoms with van der Waals surface area (Å²) in [6, 6.07) is 16.9. The van der Waals surface area contributed by atoms with Gasteiger partial charge in [-0.25, -0.2) is 22.6 Å². The lowest BCUT2D eigenvalue weighted by Gasteiger charge is -2.06. The zero-order valence-electron chi connectivity index (χ0n) is 15.0. The van der Waals surface area contributed by atoms with Crippen LogP contribution in [0.25, 0.3) is 5.69 Å². The van der Waals surface area contributed by atoms with Crippen LogP contribution in [-0.2, 0) is 21.4 Å². The van der Waals surface area contributed by atoms with Crippen molar-refractivity contribution in [3.63, 3.8) is 0 Å². The number of carbonyl (C=O) groups is 1. The molecule has 0 bridgehead atoms. The predicted molar refractivity (Wildman–Crippen MR) is 105 cm³/mol. The Morgan fingerprint density at radius 2 is 1.82 bits per heavy atom. The van der Waals surface area contributed by atoms with Crippen LogP contribution in [0.5, 0.6) is 0 Å². The lowest BCUT2D eigenvalue weighted by atomic mass is 10.2. The fourth-order valence-electron chi connectivity index (χ4n) is 2.41. The minimum absolute atomic E-state index is 0.0135. The highest BCUT2D eigenvalue weighted by Crippen LogP contribution is 2.13. The zero-order chi connectivity index (χ0) is 20.0. The molecule has 144 valence electrons. The van der Waals surface area contributed by atoms with Crippen molar-refractivity contribution in [1.29, 1.82) is 0 Å². The van der Waals surface area contributed by atoms with E-state index in [2.05, 4.69) is 16.4 Å². The van der Waals surface area contributed by atoms with E-state index in [0.29, 0.717) is 5.69 Å². The van der Waals surface area contributed by atoms with Crippen LogP contribution in [0, 0.1) is 0 Å². The maximum Gasteiger partial charge on any atom is 0.338 e. The lowest BCUT2D eigenvalue weighted by Crippen LogP contribution is -2.23. The third-order valence-electron chi connectivity index (χ3n) is 3.83. The van der Waals surface area contributed by atoms with Crippen LogP contribution in [0.3, 0.4) is 0 Å². The van der Waals surface area contributed by atoms with Gasteiger partial charge in [-0.3, -0.25) is 0 Å². The van der Waals surface area contributed by atoms with Crippen molar-refractivity contribution >= 4 is 16.0 Å². The summed E-state index contributed by atoms with van der Waals surface area (Å²) in [5, 5.41) is 4.36. The molecule has 1 heterocycles. The lowest BCUT2D eigenvalue weighted by molar-refractivity contribution is 0.0467. The van der Waals surface area contributed by atoms with Crippen LogP contribution in [0.15, 0.2) is 84.4 Å². The van der Waals surface area contributed by atoms with Gasteiger partial charge in [-0.2, -0.15) is 5.10 Å². The minimum atomic E-state index is -3.63. The Hall–Kier alpha value is -3.23. The van der Waals surface area contributed by atoms with Gasteiger partial charge < -0.3 is 4.74 Å². The summed E-state index contributed by atoms with van der Waals surface area (Å²) in [7, 11) is -3.63. The van der Waals surface area contributed by atoms with Crippen molar-refractivity contribution in [2.24, 2.45) is 0 Å². The summed E-state index contributed by atoms with van der Waals surface area (Å²) in [6.07, 6.45) is 3.23. The number of para-hydroxylation sites is 1. The minimum Gasteiger partial charge on any atom is -0.456 e. The Morgan fingerprint density at radius 1 is 1.11 bits per heavy atom. The Labute approximate surface area is 163 Å². The number of carbonyl (C=O) groups excluding carboxylic acids is 1. The van der Waals surface area contributed by atoms with Gasteiger partial charge in [0.1, 0.15) is 12.3 Å². The van der Waals surface area contributed by atoms with Gasteiger partial charge in [0.05, 0.1) is 16.1 Å². The fourth-order valence-corrected chi connectivity index (χ4v) is 3.41. The summed E-state index contributed by atoms with van der Waals surface area (Å²) in [4.78, 5) is 12.3. The average molecular weight is 397 g/mol. The van der Waals surface area contributed by atoms with Gasteiger partial charge in [-0.05, 0) is 42.5 Å². The van der Waals surface area contributed by atoms with Gasteiger partial charge in [0, 0.05) is 12.7 Å². The first-order chi connectivity index (χ1) is 13.5. The van der Waals surface area contributed by atoms with Gasteiger partial charge in [0.25, 0.3) is 0 Å². The van der Waals surface area contributed by atoms with Crippen molar-refractivity contribution in [2.75, 3.05) is 6.54 Å². The molecule has 8 heteroatoms. The molecule has 0 saturated heterocycles. The van der Waals surface area contributed by atoms with Gasteiger partial charge in [0.15, 0.2) is 0 Å². The highest BCUT2D eigenvalue weighted by molar-refractivity contribution is 7.89. The monoisotopic (exact) mass is 397 g/mol. The molecule has 0 atom stereocenters. The van der Waals surface area contributed by atoms with E-state index in [4.69, 9.17) is 4.74 Å². The van der Waals surface area contributed by atoms with Crippen molar-refractivity contribution in [3.8, 4) is 5.69 Å². The van der Waals surface area contributed by atoms with Gasteiger partial charge in [-0.15, -0.1) is 6.58 Å². The maximum atomic E-state index is 12.2. The first-order valence-corrected chi connectivity index (χ1v) is 9.95. The van der Waals surface area contributed by atoms with Crippen LogP contribution in [0.4, 0.5) is 0 Å². The Kier molecular flexibility index (Phi) is 6.03. The highest BCUT2D eigenvalue weighted by atomic mass is 32.2. The number of nitrogens with one attached hydrogen (secondary N) is 1. The van der Waals surface area contributed by atoms with Crippen molar-refractivity contribution in [2.45, 2.75) is 11.5 Å². The molecule has 3 rings (SSSR count). The van der Waals surface area contributed by atoms with E-state index in [1.54, 1.807) is 16.9 Å². The second-order valence-electron chi connectivity index (χ2n) is 5.83. The second-order valence-corrected chi connectivity index (χ2v) is 7.60. The number of aromatic nitrogens is 2. The van der Waals surface area contributed by atoms with Crippen LogP contribution >= 0.6 is 0 Å². The van der Waals surface area contributed by atoms with Crippen LogP contribution in [0.2, 0.25) is 0 Å². The average Bonchev–Trinajstić information content (AvgIpc) is 3.20. The molecule has 7 nitrogen and oxygen atoms in total. The van der Waals surface area contributed by atoms with Gasteiger partial charge in [0.2, 0.25) is 10.0 Å². The summed E-state index contributed by atoms with van der Waals surface area (Å²) < 4.78 is 33.4. The number of nitrogens with zero attached hydrogens (tertiary/aromatic N) is 2. The number of ether oxygens (including phenoxy) is 1. The zero-order valence-corrected chi connectivity index (χ0v) is 15.8. The Morgan fingerprint density at radius 3 is 2.50 bits per heavy atom. The predicted octanol–water partition coefficient (Wildman–Crippen LogP) is 2.69. The molecule has 0 spiro atoms. The molecule has 2 aromatic carbocycles. The summed E-state index contributed by atoms with van der Waals surface area (Å²) in [6.45, 7) is 3.60. The first kappa shape index (κ1) is 19.5. The molecule has 0 saturated carbocycles. The van der Waals surface area contributed by atoms with E-state index in [9.17, 15) is 13.2 Å². The quantitative estimate of drug-likeness (QED) is 0.466. The van der Waals surface area contributed by atoms with E-state index >= 15 is 0 Å². The van der Waals surface area contributed by atoms with Gasteiger partial charge in [-0.1, -0.05) is 24.3 Å². The normalized spacial score (nSPS) is 11.1. The molecule has 0 amide bonds. The highest BCUT2D eigenvalue weighted by Gasteiger charge is 2.15. The molecule has 0 unspecified atom stereocenters. The summed E-state index contributed by atoms with van der Waals surface area (Å²) in [5.41, 5.74) is 1.76. The Bertz CT molecular complexity index is 1060. The van der Waals surface area contributed by atoms with Crippen molar-refractivity contribution < 1.29 is 17.9 Å². The smallest absolute Gasteiger partial charge is 0.338 e. The molecule has 1 N–H and O–H groups in total. The maximum absolute atomic E-state index is 12.2. The van der Waals surface area contributed by atoms with E-state index in [-0.39, 0.29) is 23.6 Å². The third-order valence-corrected chi connectivity index (χ3v) is 5.27. The topological polar surface area (TPSA) is 90.3 Å². The summed E-state index contributed by atoms with van der Waals surface area (Å²) >= 11 is 0. The molecule has 1 aromatic heterocycles. The number of esters is 1. The molecule has 0 aliphatic heterocycles. The standard InChI is InChI=1S/C20H19N3O4S/c1-2-13-21-28(25,26)19-10-8-16(9-11-19)20(24)27-15-17-12-14-23(22-17)18-6-4-3-5-7-18/h2-12,14,21H,1,13,15H2. The first-order valence-electron chi connectivity index (χ1n) is 8.47. The molecule has 0 aliphatic rings. The van der Waals surface area contributed by atoms with E-state index < -0.39 is 16.0 Å². The molecule has 0 fully saturated rings. The second kappa shape index (κ2) is 8.64. The van der Waals surface area contributed by atoms with Crippen molar-refractivity contribution in [1.82, 2.24) is 14.5 Å². The molecular formula is C20H19N3O4S. The Balaban J connectivity index is 1.61. The third kappa shape index (κ3) is 4.73.